The standard InChI is InChI=1S/C11H6BrIOS/c12-8-5-6-15-11(8)10(14)7-3-1-2-4-9(7)13/h1-6H. The second kappa shape index (κ2) is 4.76. The Morgan fingerprint density at radius 1 is 1.27 bits per heavy atom. The van der Waals surface area contributed by atoms with E-state index in [-0.39, 0.29) is 5.78 Å². The molecule has 0 amide bonds. The molecule has 0 radical (unpaired) electrons. The minimum absolute atomic E-state index is 0.0851. The van der Waals surface area contributed by atoms with Crippen molar-refractivity contribution in [2.24, 2.45) is 0 Å². The molecule has 0 spiro atoms. The molecule has 0 unspecified atom stereocenters. The zero-order valence-corrected chi connectivity index (χ0v) is 12.1. The van der Waals surface area contributed by atoms with Gasteiger partial charge in [-0.05, 0) is 62.1 Å². The number of halogens is 2. The lowest BCUT2D eigenvalue weighted by atomic mass is 10.1. The van der Waals surface area contributed by atoms with Gasteiger partial charge in [-0.3, -0.25) is 4.79 Å². The van der Waals surface area contributed by atoms with Gasteiger partial charge in [0.1, 0.15) is 0 Å². The van der Waals surface area contributed by atoms with Crippen molar-refractivity contribution >= 4 is 55.6 Å². The van der Waals surface area contributed by atoms with E-state index in [1.165, 1.54) is 11.3 Å². The number of benzene rings is 1. The fraction of sp³-hybridized carbons (Fsp3) is 0. The molecule has 1 aromatic carbocycles. The van der Waals surface area contributed by atoms with E-state index in [1.807, 2.05) is 35.7 Å². The number of hydrogen-bond donors (Lipinski definition) is 0. The summed E-state index contributed by atoms with van der Waals surface area (Å²) in [6.07, 6.45) is 0. The Kier molecular flexibility index (Phi) is 3.58. The van der Waals surface area contributed by atoms with Crippen LogP contribution in [0.2, 0.25) is 0 Å². The van der Waals surface area contributed by atoms with Crippen molar-refractivity contribution in [1.29, 1.82) is 0 Å². The van der Waals surface area contributed by atoms with Gasteiger partial charge >= 0.3 is 0 Å². The van der Waals surface area contributed by atoms with Crippen molar-refractivity contribution in [3.05, 3.63) is 54.2 Å². The van der Waals surface area contributed by atoms with Gasteiger partial charge in [-0.1, -0.05) is 12.1 Å². The zero-order chi connectivity index (χ0) is 10.8. The molecule has 0 saturated carbocycles. The van der Waals surface area contributed by atoms with Crippen LogP contribution in [0.15, 0.2) is 40.2 Å². The molecule has 0 aliphatic carbocycles. The second-order valence-electron chi connectivity index (χ2n) is 2.91. The van der Waals surface area contributed by atoms with Crippen LogP contribution in [0.25, 0.3) is 0 Å². The van der Waals surface area contributed by atoms with Gasteiger partial charge in [0.2, 0.25) is 5.78 Å². The van der Waals surface area contributed by atoms with Gasteiger partial charge < -0.3 is 0 Å². The molecule has 0 atom stereocenters. The normalized spacial score (nSPS) is 10.3. The molecule has 2 rings (SSSR count). The summed E-state index contributed by atoms with van der Waals surface area (Å²) in [6.45, 7) is 0. The smallest absolute Gasteiger partial charge is 0.205 e. The predicted molar refractivity (Wildman–Crippen MR) is 74.6 cm³/mol. The van der Waals surface area contributed by atoms with Crippen LogP contribution in [0.5, 0.6) is 0 Å². The summed E-state index contributed by atoms with van der Waals surface area (Å²) in [5, 5.41) is 1.91. The summed E-state index contributed by atoms with van der Waals surface area (Å²) in [5.74, 6) is 0.0851. The van der Waals surface area contributed by atoms with E-state index in [9.17, 15) is 4.79 Å². The molecule has 2 aromatic rings. The molecule has 4 heteroatoms. The fourth-order valence-electron chi connectivity index (χ4n) is 1.22. The predicted octanol–water partition coefficient (Wildman–Crippen LogP) is 4.35. The van der Waals surface area contributed by atoms with Crippen molar-refractivity contribution in [1.82, 2.24) is 0 Å². The van der Waals surface area contributed by atoms with Gasteiger partial charge in [0.15, 0.2) is 0 Å². The topological polar surface area (TPSA) is 17.1 Å². The third-order valence-electron chi connectivity index (χ3n) is 1.94. The van der Waals surface area contributed by atoms with E-state index < -0.39 is 0 Å². The lowest BCUT2D eigenvalue weighted by Crippen LogP contribution is -2.01. The van der Waals surface area contributed by atoms with Gasteiger partial charge in [0.05, 0.1) is 4.88 Å². The summed E-state index contributed by atoms with van der Waals surface area (Å²) in [7, 11) is 0. The number of rotatable bonds is 2. The van der Waals surface area contributed by atoms with Crippen LogP contribution in [0.3, 0.4) is 0 Å². The molecular formula is C11H6BrIOS. The number of ketones is 1. The van der Waals surface area contributed by atoms with Crippen molar-refractivity contribution in [3.63, 3.8) is 0 Å². The Morgan fingerprint density at radius 2 is 2.00 bits per heavy atom. The largest absolute Gasteiger partial charge is 0.288 e. The van der Waals surface area contributed by atoms with Crippen LogP contribution in [-0.4, -0.2) is 5.78 Å². The summed E-state index contributed by atoms with van der Waals surface area (Å²) in [5.41, 5.74) is 0.765. The molecule has 0 fully saturated rings. The Hall–Kier alpha value is -0.200. The van der Waals surface area contributed by atoms with Crippen molar-refractivity contribution in [2.75, 3.05) is 0 Å². The minimum atomic E-state index is 0.0851. The van der Waals surface area contributed by atoms with Gasteiger partial charge in [0.25, 0.3) is 0 Å². The van der Waals surface area contributed by atoms with Crippen LogP contribution < -0.4 is 0 Å². The maximum absolute atomic E-state index is 12.1. The van der Waals surface area contributed by atoms with Crippen LogP contribution in [-0.2, 0) is 0 Å². The molecule has 0 aliphatic heterocycles. The van der Waals surface area contributed by atoms with E-state index in [0.29, 0.717) is 0 Å². The van der Waals surface area contributed by atoms with E-state index in [2.05, 4.69) is 38.5 Å². The van der Waals surface area contributed by atoms with E-state index in [4.69, 9.17) is 0 Å². The third-order valence-corrected chi connectivity index (χ3v) is 4.72. The first kappa shape index (κ1) is 11.3. The van der Waals surface area contributed by atoms with E-state index in [1.54, 1.807) is 0 Å². The zero-order valence-electron chi connectivity index (χ0n) is 7.54. The van der Waals surface area contributed by atoms with Crippen LogP contribution in [0.1, 0.15) is 15.2 Å². The molecule has 1 nitrogen and oxygen atoms in total. The van der Waals surface area contributed by atoms with Crippen LogP contribution in [0.4, 0.5) is 0 Å². The monoisotopic (exact) mass is 392 g/mol. The third kappa shape index (κ3) is 2.32. The van der Waals surface area contributed by atoms with Crippen molar-refractivity contribution in [2.45, 2.75) is 0 Å². The van der Waals surface area contributed by atoms with Crippen LogP contribution >= 0.6 is 49.9 Å². The number of carbonyl (C=O) groups excluding carboxylic acids is 1. The molecule has 15 heavy (non-hydrogen) atoms. The molecule has 0 saturated heterocycles. The van der Waals surface area contributed by atoms with E-state index >= 15 is 0 Å². The molecule has 1 aromatic heterocycles. The number of thiophene rings is 1. The first-order valence-electron chi connectivity index (χ1n) is 4.22. The molecule has 1 heterocycles. The maximum atomic E-state index is 12.1. The number of hydrogen-bond acceptors (Lipinski definition) is 2. The van der Waals surface area contributed by atoms with Gasteiger partial charge in [-0.25, -0.2) is 0 Å². The van der Waals surface area contributed by atoms with Crippen molar-refractivity contribution in [3.8, 4) is 0 Å². The molecular weight excluding hydrogens is 387 g/mol. The first-order valence-corrected chi connectivity index (χ1v) is 6.97. The lowest BCUT2D eigenvalue weighted by molar-refractivity contribution is 0.104. The maximum Gasteiger partial charge on any atom is 0.205 e. The average molecular weight is 393 g/mol. The fourth-order valence-corrected chi connectivity index (χ4v) is 3.36. The quantitative estimate of drug-likeness (QED) is 0.548. The molecule has 0 bridgehead atoms. The first-order chi connectivity index (χ1) is 7.20. The highest BCUT2D eigenvalue weighted by atomic mass is 127. The molecule has 76 valence electrons. The lowest BCUT2D eigenvalue weighted by Gasteiger charge is -2.01. The summed E-state index contributed by atoms with van der Waals surface area (Å²) in [4.78, 5) is 12.9. The van der Waals surface area contributed by atoms with Crippen molar-refractivity contribution < 1.29 is 4.79 Å². The minimum Gasteiger partial charge on any atom is -0.288 e. The second-order valence-corrected chi connectivity index (χ2v) is 5.84. The number of carbonyl (C=O) groups is 1. The van der Waals surface area contributed by atoms with Gasteiger partial charge in [-0.15, -0.1) is 11.3 Å². The summed E-state index contributed by atoms with van der Waals surface area (Å²) < 4.78 is 1.86. The summed E-state index contributed by atoms with van der Waals surface area (Å²) >= 11 is 7.02. The highest BCUT2D eigenvalue weighted by molar-refractivity contribution is 14.1. The SMILES string of the molecule is O=C(c1ccccc1I)c1sccc1Br. The highest BCUT2D eigenvalue weighted by Crippen LogP contribution is 2.26. The van der Waals surface area contributed by atoms with Crippen LogP contribution in [0, 0.1) is 3.57 Å². The van der Waals surface area contributed by atoms with Gasteiger partial charge in [-0.2, -0.15) is 0 Å². The molecule has 0 aliphatic rings. The molecule has 0 N–H and O–H groups in total. The summed E-state index contributed by atoms with van der Waals surface area (Å²) in [6, 6.07) is 9.51. The highest BCUT2D eigenvalue weighted by Gasteiger charge is 2.15. The Balaban J connectivity index is 2.46. The Bertz CT molecular complexity index is 507. The van der Waals surface area contributed by atoms with Gasteiger partial charge in [0, 0.05) is 13.6 Å². The Labute approximate surface area is 114 Å². The Morgan fingerprint density at radius 3 is 2.60 bits per heavy atom. The average Bonchev–Trinajstić information content (AvgIpc) is 2.64. The van der Waals surface area contributed by atoms with E-state index in [0.717, 1.165) is 18.5 Å².